The number of hydrogen-bond acceptors (Lipinski definition) is 3. The van der Waals surface area contributed by atoms with E-state index in [0.717, 1.165) is 29.7 Å². The molecule has 2 rings (SSSR count). The Kier molecular flexibility index (Phi) is 6.78. The van der Waals surface area contributed by atoms with Crippen LogP contribution in [0.1, 0.15) is 43.2 Å². The minimum absolute atomic E-state index is 0.0846. The van der Waals surface area contributed by atoms with Crippen LogP contribution in [0.3, 0.4) is 0 Å². The van der Waals surface area contributed by atoms with Crippen LogP contribution in [0.25, 0.3) is 5.57 Å². The molecule has 0 saturated carbocycles. The van der Waals surface area contributed by atoms with Gasteiger partial charge in [0.25, 0.3) is 0 Å². The lowest BCUT2D eigenvalue weighted by Gasteiger charge is -2.20. The first-order valence-electron chi connectivity index (χ1n) is 8.43. The molecule has 3 nitrogen and oxygen atoms in total. The van der Waals surface area contributed by atoms with Crippen LogP contribution in [0.15, 0.2) is 43.0 Å². The molecule has 2 N–H and O–H groups in total. The van der Waals surface area contributed by atoms with Crippen LogP contribution in [0.2, 0.25) is 5.02 Å². The predicted octanol–water partition coefficient (Wildman–Crippen LogP) is 6.28. The lowest BCUT2D eigenvalue weighted by atomic mass is 10.0. The zero-order chi connectivity index (χ0) is 20.2. The number of benzene rings is 2. The Morgan fingerprint density at radius 2 is 1.93 bits per heavy atom. The highest BCUT2D eigenvalue weighted by atomic mass is 35.5. The first-order chi connectivity index (χ1) is 12.7. The Morgan fingerprint density at radius 3 is 2.52 bits per heavy atom. The van der Waals surface area contributed by atoms with Gasteiger partial charge in [-0.2, -0.15) is 13.2 Å². The highest BCUT2D eigenvalue weighted by Crippen LogP contribution is 2.37. The third-order valence-electron chi connectivity index (χ3n) is 4.01. The summed E-state index contributed by atoms with van der Waals surface area (Å²) in [6.07, 6.45) is -5.14. The van der Waals surface area contributed by atoms with Crippen molar-refractivity contribution in [3.63, 3.8) is 0 Å². The van der Waals surface area contributed by atoms with E-state index in [9.17, 15) is 18.3 Å². The second-order valence-corrected chi connectivity index (χ2v) is 6.29. The summed E-state index contributed by atoms with van der Waals surface area (Å²) < 4.78 is 44.6. The molecule has 1 atom stereocenters. The fourth-order valence-corrected chi connectivity index (χ4v) is 2.77. The lowest BCUT2D eigenvalue weighted by molar-refractivity contribution is -0.137. The summed E-state index contributed by atoms with van der Waals surface area (Å²) in [4.78, 5) is 0. The predicted molar refractivity (Wildman–Crippen MR) is 102 cm³/mol. The van der Waals surface area contributed by atoms with Crippen molar-refractivity contribution in [2.45, 2.75) is 32.7 Å². The molecule has 2 aromatic rings. The molecule has 0 radical (unpaired) electrons. The van der Waals surface area contributed by atoms with Crippen molar-refractivity contribution in [3.8, 4) is 5.75 Å². The van der Waals surface area contributed by atoms with Gasteiger partial charge in [-0.25, -0.2) is 0 Å². The third kappa shape index (κ3) is 5.17. The van der Waals surface area contributed by atoms with Gasteiger partial charge in [-0.05, 0) is 54.8 Å². The standard InChI is InChI=1S/C20H21ClF3NO2/c1-4-12(3)13-6-9-18(27-5-2)15(10-13)19(26)25-14-7-8-17(21)16(11-14)20(22,23)24/h6-11,19,25-26H,3-5H2,1-2H3. The van der Waals surface area contributed by atoms with Crippen LogP contribution in [0.4, 0.5) is 18.9 Å². The number of alkyl halides is 3. The quantitative estimate of drug-likeness (QED) is 0.538. The molecule has 0 amide bonds. The average Bonchev–Trinajstić information content (AvgIpc) is 2.62. The van der Waals surface area contributed by atoms with E-state index >= 15 is 0 Å². The Bertz CT molecular complexity index is 821. The summed E-state index contributed by atoms with van der Waals surface area (Å²) in [5.74, 6) is 0.440. The molecule has 0 bridgehead atoms. The molecular weight excluding hydrogens is 379 g/mol. The largest absolute Gasteiger partial charge is 0.493 e. The molecule has 0 aromatic heterocycles. The number of halogens is 4. The smallest absolute Gasteiger partial charge is 0.417 e. The Balaban J connectivity index is 2.37. The van der Waals surface area contributed by atoms with Gasteiger partial charge in [-0.1, -0.05) is 31.2 Å². The van der Waals surface area contributed by atoms with Gasteiger partial charge < -0.3 is 15.2 Å². The van der Waals surface area contributed by atoms with Gasteiger partial charge in [0.2, 0.25) is 0 Å². The highest BCUT2D eigenvalue weighted by molar-refractivity contribution is 6.31. The summed E-state index contributed by atoms with van der Waals surface area (Å²) in [6, 6.07) is 8.63. The molecule has 146 valence electrons. The highest BCUT2D eigenvalue weighted by Gasteiger charge is 2.33. The maximum atomic E-state index is 13.0. The van der Waals surface area contributed by atoms with E-state index in [-0.39, 0.29) is 5.69 Å². The summed E-state index contributed by atoms with van der Waals surface area (Å²) in [6.45, 7) is 8.11. The number of nitrogens with one attached hydrogen (secondary N) is 1. The van der Waals surface area contributed by atoms with Gasteiger partial charge in [0, 0.05) is 11.3 Å². The van der Waals surface area contributed by atoms with Crippen molar-refractivity contribution in [1.29, 1.82) is 0 Å². The molecule has 7 heteroatoms. The number of aliphatic hydroxyl groups is 1. The van der Waals surface area contributed by atoms with Gasteiger partial charge in [-0.3, -0.25) is 0 Å². The number of allylic oxidation sites excluding steroid dienone is 1. The van der Waals surface area contributed by atoms with Crippen molar-refractivity contribution in [2.24, 2.45) is 0 Å². The number of rotatable bonds is 7. The topological polar surface area (TPSA) is 41.5 Å². The number of aliphatic hydroxyl groups excluding tert-OH is 1. The second-order valence-electron chi connectivity index (χ2n) is 5.88. The van der Waals surface area contributed by atoms with Gasteiger partial charge in [0.15, 0.2) is 6.23 Å². The van der Waals surface area contributed by atoms with E-state index < -0.39 is 23.0 Å². The van der Waals surface area contributed by atoms with Crippen LogP contribution < -0.4 is 10.1 Å². The molecule has 0 spiro atoms. The minimum Gasteiger partial charge on any atom is -0.493 e. The minimum atomic E-state index is -4.59. The monoisotopic (exact) mass is 399 g/mol. The number of ether oxygens (including phenoxy) is 1. The average molecular weight is 400 g/mol. The van der Waals surface area contributed by atoms with Crippen LogP contribution in [-0.4, -0.2) is 11.7 Å². The molecule has 0 aliphatic heterocycles. The summed E-state index contributed by atoms with van der Waals surface area (Å²) in [5, 5.41) is 12.9. The van der Waals surface area contributed by atoms with E-state index in [4.69, 9.17) is 16.3 Å². The molecule has 0 aliphatic carbocycles. The number of anilines is 1. The maximum Gasteiger partial charge on any atom is 0.417 e. The second kappa shape index (κ2) is 8.67. The van der Waals surface area contributed by atoms with Crippen molar-refractivity contribution < 1.29 is 23.0 Å². The molecule has 0 saturated heterocycles. The van der Waals surface area contributed by atoms with Crippen molar-refractivity contribution in [2.75, 3.05) is 11.9 Å². The summed E-state index contributed by atoms with van der Waals surface area (Å²) >= 11 is 5.63. The fourth-order valence-electron chi connectivity index (χ4n) is 2.54. The third-order valence-corrected chi connectivity index (χ3v) is 4.34. The lowest BCUT2D eigenvalue weighted by Crippen LogP contribution is -2.13. The first-order valence-corrected chi connectivity index (χ1v) is 8.81. The summed E-state index contributed by atoms with van der Waals surface area (Å²) in [5.41, 5.74) is 1.22. The van der Waals surface area contributed by atoms with Gasteiger partial charge >= 0.3 is 6.18 Å². The first kappa shape index (κ1) is 21.1. The van der Waals surface area contributed by atoms with Crippen LogP contribution in [-0.2, 0) is 6.18 Å². The van der Waals surface area contributed by atoms with Crippen LogP contribution >= 0.6 is 11.6 Å². The van der Waals surface area contributed by atoms with E-state index in [0.29, 0.717) is 17.9 Å². The van der Waals surface area contributed by atoms with E-state index in [2.05, 4.69) is 11.9 Å². The molecule has 1 unspecified atom stereocenters. The Labute approximate surface area is 161 Å². The maximum absolute atomic E-state index is 13.0. The SMILES string of the molecule is C=C(CC)c1ccc(OCC)c(C(O)Nc2ccc(Cl)c(C(F)(F)F)c2)c1. The zero-order valence-electron chi connectivity index (χ0n) is 15.0. The molecule has 0 aliphatic rings. The number of hydrogen-bond donors (Lipinski definition) is 2. The Morgan fingerprint density at radius 1 is 1.22 bits per heavy atom. The van der Waals surface area contributed by atoms with E-state index in [1.54, 1.807) is 19.1 Å². The van der Waals surface area contributed by atoms with Crippen molar-refractivity contribution >= 4 is 22.9 Å². The summed E-state index contributed by atoms with van der Waals surface area (Å²) in [7, 11) is 0. The van der Waals surface area contributed by atoms with E-state index in [1.165, 1.54) is 6.07 Å². The van der Waals surface area contributed by atoms with Gasteiger partial charge in [0.1, 0.15) is 5.75 Å². The van der Waals surface area contributed by atoms with Crippen molar-refractivity contribution in [1.82, 2.24) is 0 Å². The van der Waals surface area contributed by atoms with Gasteiger partial charge in [-0.15, -0.1) is 0 Å². The fraction of sp³-hybridized carbons (Fsp3) is 0.300. The zero-order valence-corrected chi connectivity index (χ0v) is 15.8. The van der Waals surface area contributed by atoms with Crippen LogP contribution in [0, 0.1) is 0 Å². The van der Waals surface area contributed by atoms with Gasteiger partial charge in [0.05, 0.1) is 17.2 Å². The van der Waals surface area contributed by atoms with Crippen molar-refractivity contribution in [3.05, 3.63) is 64.7 Å². The molecular formula is C20H21ClF3NO2. The Hall–Kier alpha value is -2.18. The van der Waals surface area contributed by atoms with Crippen LogP contribution in [0.5, 0.6) is 5.75 Å². The molecule has 2 aromatic carbocycles. The van der Waals surface area contributed by atoms with E-state index in [1.807, 2.05) is 13.0 Å². The molecule has 0 heterocycles. The molecule has 0 fully saturated rings. The normalized spacial score (nSPS) is 12.6. The molecule has 27 heavy (non-hydrogen) atoms.